The summed E-state index contributed by atoms with van der Waals surface area (Å²) in [5.41, 5.74) is 4.45. The van der Waals surface area contributed by atoms with Crippen molar-refractivity contribution in [2.24, 2.45) is 0 Å². The largest absolute Gasteiger partial charge is 0.380 e. The van der Waals surface area contributed by atoms with Crippen LogP contribution >= 0.6 is 27.3 Å². The van der Waals surface area contributed by atoms with Gasteiger partial charge in [-0.1, -0.05) is 22.9 Å². The standard InChI is InChI=1S/C18H18BrN3S/c1-3-15-10-13(8-9-20-15)18-22-12(2)17(23-18)11-21-16-6-4-14(19)5-7-16/h4-10,21H,3,11H2,1-2H3. The molecule has 0 aliphatic heterocycles. The van der Waals surface area contributed by atoms with E-state index in [2.05, 4.69) is 58.3 Å². The van der Waals surface area contributed by atoms with Crippen LogP contribution in [-0.2, 0) is 13.0 Å². The van der Waals surface area contributed by atoms with E-state index in [9.17, 15) is 0 Å². The molecular weight excluding hydrogens is 370 g/mol. The van der Waals surface area contributed by atoms with Crippen molar-refractivity contribution >= 4 is 33.0 Å². The van der Waals surface area contributed by atoms with Crippen LogP contribution in [0.15, 0.2) is 47.1 Å². The van der Waals surface area contributed by atoms with Gasteiger partial charge in [0, 0.05) is 32.5 Å². The van der Waals surface area contributed by atoms with Crippen molar-refractivity contribution < 1.29 is 0 Å². The summed E-state index contributed by atoms with van der Waals surface area (Å²) in [5.74, 6) is 0. The topological polar surface area (TPSA) is 37.8 Å². The molecule has 3 aromatic rings. The van der Waals surface area contributed by atoms with Gasteiger partial charge in [-0.2, -0.15) is 0 Å². The Kier molecular flexibility index (Phi) is 5.08. The number of halogens is 1. The maximum atomic E-state index is 4.73. The van der Waals surface area contributed by atoms with Crippen LogP contribution in [0.1, 0.15) is 23.2 Å². The van der Waals surface area contributed by atoms with Gasteiger partial charge in [-0.25, -0.2) is 4.98 Å². The second kappa shape index (κ2) is 7.23. The van der Waals surface area contributed by atoms with E-state index in [0.29, 0.717) is 0 Å². The Morgan fingerprint density at radius 1 is 1.17 bits per heavy atom. The van der Waals surface area contributed by atoms with E-state index in [1.54, 1.807) is 11.3 Å². The molecule has 0 saturated carbocycles. The first-order chi connectivity index (χ1) is 11.2. The summed E-state index contributed by atoms with van der Waals surface area (Å²) in [5, 5.41) is 4.52. The van der Waals surface area contributed by atoms with Gasteiger partial charge in [0.1, 0.15) is 5.01 Å². The number of hydrogen-bond acceptors (Lipinski definition) is 4. The van der Waals surface area contributed by atoms with E-state index in [1.165, 1.54) is 4.88 Å². The lowest BCUT2D eigenvalue weighted by Crippen LogP contribution is -1.98. The van der Waals surface area contributed by atoms with Crippen LogP contribution in [0.2, 0.25) is 0 Å². The minimum absolute atomic E-state index is 0.789. The smallest absolute Gasteiger partial charge is 0.124 e. The molecule has 0 amide bonds. The van der Waals surface area contributed by atoms with E-state index < -0.39 is 0 Å². The van der Waals surface area contributed by atoms with Gasteiger partial charge in [-0.05, 0) is 49.7 Å². The Labute approximate surface area is 149 Å². The molecule has 1 N–H and O–H groups in total. The molecule has 3 nitrogen and oxygen atoms in total. The van der Waals surface area contributed by atoms with Gasteiger partial charge >= 0.3 is 0 Å². The van der Waals surface area contributed by atoms with Gasteiger partial charge < -0.3 is 5.32 Å². The van der Waals surface area contributed by atoms with Crippen LogP contribution in [-0.4, -0.2) is 9.97 Å². The van der Waals surface area contributed by atoms with Crippen molar-refractivity contribution in [1.82, 2.24) is 9.97 Å². The fourth-order valence-electron chi connectivity index (χ4n) is 2.27. The first kappa shape index (κ1) is 16.1. The molecule has 0 bridgehead atoms. The Balaban J connectivity index is 1.76. The molecule has 1 aromatic carbocycles. The summed E-state index contributed by atoms with van der Waals surface area (Å²) >= 11 is 5.20. The quantitative estimate of drug-likeness (QED) is 0.632. The fraction of sp³-hybridized carbons (Fsp3) is 0.222. The molecule has 0 saturated heterocycles. The van der Waals surface area contributed by atoms with Crippen molar-refractivity contribution in [1.29, 1.82) is 0 Å². The molecule has 0 unspecified atom stereocenters. The lowest BCUT2D eigenvalue weighted by atomic mass is 10.2. The zero-order valence-corrected chi connectivity index (χ0v) is 15.5. The predicted molar refractivity (Wildman–Crippen MR) is 101 cm³/mol. The number of benzene rings is 1. The van der Waals surface area contributed by atoms with E-state index in [-0.39, 0.29) is 0 Å². The third kappa shape index (κ3) is 3.98. The molecule has 0 aliphatic rings. The van der Waals surface area contributed by atoms with Crippen LogP contribution in [0.3, 0.4) is 0 Å². The van der Waals surface area contributed by atoms with Crippen molar-refractivity contribution in [2.75, 3.05) is 5.32 Å². The maximum Gasteiger partial charge on any atom is 0.124 e. The highest BCUT2D eigenvalue weighted by Gasteiger charge is 2.10. The predicted octanol–water partition coefficient (Wildman–Crippen LogP) is 5.45. The number of rotatable bonds is 5. The zero-order valence-electron chi connectivity index (χ0n) is 13.1. The first-order valence-corrected chi connectivity index (χ1v) is 9.17. The number of pyridine rings is 1. The molecule has 0 fully saturated rings. The molecule has 2 heterocycles. The molecule has 5 heteroatoms. The summed E-state index contributed by atoms with van der Waals surface area (Å²) in [7, 11) is 0. The van der Waals surface area contributed by atoms with Crippen molar-refractivity contribution in [3.8, 4) is 10.6 Å². The number of aryl methyl sites for hydroxylation is 2. The summed E-state index contributed by atoms with van der Waals surface area (Å²) in [6.07, 6.45) is 2.81. The summed E-state index contributed by atoms with van der Waals surface area (Å²) in [6.45, 7) is 4.98. The highest BCUT2D eigenvalue weighted by atomic mass is 79.9. The minimum atomic E-state index is 0.789. The zero-order chi connectivity index (χ0) is 16.2. The van der Waals surface area contributed by atoms with Crippen LogP contribution in [0.4, 0.5) is 5.69 Å². The first-order valence-electron chi connectivity index (χ1n) is 7.56. The van der Waals surface area contributed by atoms with E-state index >= 15 is 0 Å². The van der Waals surface area contributed by atoms with Gasteiger partial charge in [0.15, 0.2) is 0 Å². The normalized spacial score (nSPS) is 10.7. The Bertz CT molecular complexity index is 796. The highest BCUT2D eigenvalue weighted by Crippen LogP contribution is 2.28. The average Bonchev–Trinajstić information content (AvgIpc) is 2.95. The van der Waals surface area contributed by atoms with Gasteiger partial charge in [0.2, 0.25) is 0 Å². The molecule has 0 atom stereocenters. The molecule has 3 rings (SSSR count). The number of nitrogens with zero attached hydrogens (tertiary/aromatic N) is 2. The number of nitrogens with one attached hydrogen (secondary N) is 1. The van der Waals surface area contributed by atoms with Crippen LogP contribution in [0.25, 0.3) is 10.6 Å². The Hall–Kier alpha value is -1.72. The minimum Gasteiger partial charge on any atom is -0.380 e. The van der Waals surface area contributed by atoms with Crippen molar-refractivity contribution in [3.05, 3.63) is 63.3 Å². The molecule has 0 aliphatic carbocycles. The lowest BCUT2D eigenvalue weighted by molar-refractivity contribution is 1.04. The molecule has 118 valence electrons. The second-order valence-corrected chi connectivity index (χ2v) is 7.28. The number of anilines is 1. The maximum absolute atomic E-state index is 4.73. The van der Waals surface area contributed by atoms with Crippen molar-refractivity contribution in [3.63, 3.8) is 0 Å². The van der Waals surface area contributed by atoms with Gasteiger partial charge in [-0.15, -0.1) is 11.3 Å². The lowest BCUT2D eigenvalue weighted by Gasteiger charge is -2.05. The van der Waals surface area contributed by atoms with Gasteiger partial charge in [-0.3, -0.25) is 4.98 Å². The number of aromatic nitrogens is 2. The van der Waals surface area contributed by atoms with E-state index in [1.807, 2.05) is 24.4 Å². The Morgan fingerprint density at radius 2 is 1.96 bits per heavy atom. The Morgan fingerprint density at radius 3 is 2.70 bits per heavy atom. The van der Waals surface area contributed by atoms with Crippen molar-refractivity contribution in [2.45, 2.75) is 26.8 Å². The average molecular weight is 388 g/mol. The highest BCUT2D eigenvalue weighted by molar-refractivity contribution is 9.10. The van der Waals surface area contributed by atoms with E-state index in [4.69, 9.17) is 4.98 Å². The van der Waals surface area contributed by atoms with Crippen LogP contribution < -0.4 is 5.32 Å². The third-order valence-electron chi connectivity index (χ3n) is 3.62. The SMILES string of the molecule is CCc1cc(-c2nc(C)c(CNc3ccc(Br)cc3)s2)ccn1. The van der Waals surface area contributed by atoms with Gasteiger partial charge in [0.25, 0.3) is 0 Å². The molecule has 23 heavy (non-hydrogen) atoms. The molecule has 2 aromatic heterocycles. The summed E-state index contributed by atoms with van der Waals surface area (Å²) in [6, 6.07) is 12.4. The molecular formula is C18H18BrN3S. The van der Waals surface area contributed by atoms with Gasteiger partial charge in [0.05, 0.1) is 12.2 Å². The summed E-state index contributed by atoms with van der Waals surface area (Å²) in [4.78, 5) is 10.3. The monoisotopic (exact) mass is 387 g/mol. The molecule has 0 spiro atoms. The molecule has 0 radical (unpaired) electrons. The third-order valence-corrected chi connectivity index (χ3v) is 5.35. The number of thiazole rings is 1. The second-order valence-electron chi connectivity index (χ2n) is 5.28. The van der Waals surface area contributed by atoms with Crippen LogP contribution in [0.5, 0.6) is 0 Å². The van der Waals surface area contributed by atoms with Crippen LogP contribution in [0, 0.1) is 6.92 Å². The summed E-state index contributed by atoms with van der Waals surface area (Å²) < 4.78 is 1.09. The van der Waals surface area contributed by atoms with E-state index in [0.717, 1.165) is 45.1 Å². The number of hydrogen-bond donors (Lipinski definition) is 1. The fourth-order valence-corrected chi connectivity index (χ4v) is 3.53.